The van der Waals surface area contributed by atoms with E-state index in [0.717, 1.165) is 64.4 Å². The van der Waals surface area contributed by atoms with Crippen molar-refractivity contribution in [2.24, 2.45) is 5.73 Å². The fraction of sp³-hybridized carbons (Fsp3) is 1.00. The van der Waals surface area contributed by atoms with Gasteiger partial charge in [0.25, 0.3) is 0 Å². The lowest BCUT2D eigenvalue weighted by molar-refractivity contribution is -0.0527. The predicted octanol–water partition coefficient (Wildman–Crippen LogP) is 3.91. The SMILES string of the molecule is CCCOC1(CCCN)CCCC[Si]1(OCCC)OCCC. The van der Waals surface area contributed by atoms with Gasteiger partial charge in [0.1, 0.15) is 5.22 Å². The molecular formula is C17H37NO3Si. The Morgan fingerprint density at radius 2 is 1.59 bits per heavy atom. The van der Waals surface area contributed by atoms with Gasteiger partial charge in [-0.15, -0.1) is 0 Å². The van der Waals surface area contributed by atoms with Gasteiger partial charge in [0.2, 0.25) is 0 Å². The van der Waals surface area contributed by atoms with Crippen molar-refractivity contribution in [1.82, 2.24) is 0 Å². The molecule has 1 aliphatic rings. The smallest absolute Gasteiger partial charge is 0.371 e. The summed E-state index contributed by atoms with van der Waals surface area (Å²) in [5.74, 6) is 0. The third-order valence-electron chi connectivity index (χ3n) is 4.48. The molecule has 0 aromatic rings. The number of rotatable bonds is 12. The van der Waals surface area contributed by atoms with E-state index in [9.17, 15) is 0 Å². The van der Waals surface area contributed by atoms with Crippen molar-refractivity contribution in [3.05, 3.63) is 0 Å². The van der Waals surface area contributed by atoms with Crippen LogP contribution in [0.5, 0.6) is 0 Å². The highest BCUT2D eigenvalue weighted by Gasteiger charge is 2.59. The molecule has 2 N–H and O–H groups in total. The fourth-order valence-corrected chi connectivity index (χ4v) is 8.00. The molecular weight excluding hydrogens is 294 g/mol. The minimum absolute atomic E-state index is 0.190. The molecule has 0 aliphatic carbocycles. The molecule has 1 heterocycles. The van der Waals surface area contributed by atoms with Crippen LogP contribution in [0.3, 0.4) is 0 Å². The molecule has 1 saturated heterocycles. The second-order valence-electron chi connectivity index (χ2n) is 6.39. The molecule has 0 radical (unpaired) electrons. The van der Waals surface area contributed by atoms with E-state index in [2.05, 4.69) is 20.8 Å². The third kappa shape index (κ3) is 5.03. The van der Waals surface area contributed by atoms with Crippen molar-refractivity contribution in [2.45, 2.75) is 83.4 Å². The van der Waals surface area contributed by atoms with Gasteiger partial charge in [0.15, 0.2) is 0 Å². The lowest BCUT2D eigenvalue weighted by Gasteiger charge is -2.50. The van der Waals surface area contributed by atoms with Gasteiger partial charge >= 0.3 is 8.56 Å². The number of hydrogen-bond donors (Lipinski definition) is 1. The lowest BCUT2D eigenvalue weighted by Crippen LogP contribution is -2.66. The van der Waals surface area contributed by atoms with E-state index in [0.29, 0.717) is 6.54 Å². The average molecular weight is 332 g/mol. The van der Waals surface area contributed by atoms with Crippen LogP contribution in [-0.2, 0) is 13.6 Å². The van der Waals surface area contributed by atoms with Crippen LogP contribution in [0.1, 0.15) is 72.1 Å². The van der Waals surface area contributed by atoms with E-state index >= 15 is 0 Å². The molecule has 4 nitrogen and oxygen atoms in total. The zero-order valence-corrected chi connectivity index (χ0v) is 16.0. The van der Waals surface area contributed by atoms with Crippen LogP contribution in [0.25, 0.3) is 0 Å². The van der Waals surface area contributed by atoms with Crippen molar-refractivity contribution in [3.63, 3.8) is 0 Å². The normalized spacial score (nSPS) is 24.5. The largest absolute Gasteiger partial charge is 0.393 e. The Morgan fingerprint density at radius 1 is 0.955 bits per heavy atom. The van der Waals surface area contributed by atoms with Crippen LogP contribution in [0, 0.1) is 0 Å². The second kappa shape index (κ2) is 10.8. The van der Waals surface area contributed by atoms with Crippen molar-refractivity contribution >= 4 is 8.56 Å². The molecule has 5 heteroatoms. The molecule has 1 atom stereocenters. The summed E-state index contributed by atoms with van der Waals surface area (Å²) >= 11 is 0. The highest BCUT2D eigenvalue weighted by Crippen LogP contribution is 2.44. The van der Waals surface area contributed by atoms with E-state index in [1.165, 1.54) is 12.8 Å². The molecule has 0 aromatic carbocycles. The third-order valence-corrected chi connectivity index (χ3v) is 8.86. The Morgan fingerprint density at radius 3 is 2.14 bits per heavy atom. The standard InChI is InChI=1S/C17H37NO3Si/c1-4-13-19-17(11-9-12-18)10-7-8-16-22(17,20-14-5-2)21-15-6-3/h4-16,18H2,1-3H3. The summed E-state index contributed by atoms with van der Waals surface area (Å²) in [7, 11) is -2.36. The van der Waals surface area contributed by atoms with Gasteiger partial charge in [-0.05, 0) is 51.1 Å². The van der Waals surface area contributed by atoms with Gasteiger partial charge in [-0.1, -0.05) is 33.6 Å². The molecule has 1 rings (SSSR count). The Balaban J connectivity index is 3.03. The van der Waals surface area contributed by atoms with E-state index in [4.69, 9.17) is 19.3 Å². The maximum Gasteiger partial charge on any atom is 0.371 e. The predicted molar refractivity (Wildman–Crippen MR) is 94.2 cm³/mol. The molecule has 0 saturated carbocycles. The first kappa shape index (κ1) is 20.1. The highest BCUT2D eigenvalue weighted by atomic mass is 28.4. The van der Waals surface area contributed by atoms with Gasteiger partial charge < -0.3 is 19.3 Å². The van der Waals surface area contributed by atoms with Gasteiger partial charge in [0, 0.05) is 19.8 Å². The number of nitrogens with two attached hydrogens (primary N) is 1. The molecule has 0 amide bonds. The van der Waals surface area contributed by atoms with E-state index in [-0.39, 0.29) is 5.22 Å². The Kier molecular flexibility index (Phi) is 9.83. The van der Waals surface area contributed by atoms with Crippen LogP contribution in [0.4, 0.5) is 0 Å². The average Bonchev–Trinajstić information content (AvgIpc) is 2.56. The first-order chi connectivity index (χ1) is 10.7. The van der Waals surface area contributed by atoms with Gasteiger partial charge in [-0.25, -0.2) is 0 Å². The fourth-order valence-electron chi connectivity index (χ4n) is 3.42. The molecule has 1 fully saturated rings. The number of ether oxygens (including phenoxy) is 1. The Hall–Kier alpha value is 0.0569. The van der Waals surface area contributed by atoms with Crippen molar-refractivity contribution in [3.8, 4) is 0 Å². The summed E-state index contributed by atoms with van der Waals surface area (Å²) in [4.78, 5) is 0. The lowest BCUT2D eigenvalue weighted by atomic mass is 10.1. The molecule has 1 unspecified atom stereocenters. The van der Waals surface area contributed by atoms with Gasteiger partial charge in [-0.3, -0.25) is 0 Å². The summed E-state index contributed by atoms with van der Waals surface area (Å²) in [5, 5.41) is -0.190. The summed E-state index contributed by atoms with van der Waals surface area (Å²) < 4.78 is 19.5. The first-order valence-corrected chi connectivity index (χ1v) is 11.3. The molecule has 22 heavy (non-hydrogen) atoms. The zero-order chi connectivity index (χ0) is 16.3. The molecule has 0 spiro atoms. The van der Waals surface area contributed by atoms with Crippen LogP contribution in [-0.4, -0.2) is 40.2 Å². The summed E-state index contributed by atoms with van der Waals surface area (Å²) in [5.41, 5.74) is 5.80. The van der Waals surface area contributed by atoms with E-state index < -0.39 is 8.56 Å². The maximum absolute atomic E-state index is 6.49. The maximum atomic E-state index is 6.49. The van der Waals surface area contributed by atoms with Crippen molar-refractivity contribution in [1.29, 1.82) is 0 Å². The van der Waals surface area contributed by atoms with E-state index in [1.54, 1.807) is 0 Å². The zero-order valence-electron chi connectivity index (χ0n) is 15.0. The van der Waals surface area contributed by atoms with Crippen LogP contribution >= 0.6 is 0 Å². The Labute approximate surface area is 138 Å². The van der Waals surface area contributed by atoms with Crippen molar-refractivity contribution in [2.75, 3.05) is 26.4 Å². The summed E-state index contributed by atoms with van der Waals surface area (Å²) in [6, 6.07) is 1.07. The topological polar surface area (TPSA) is 53.7 Å². The molecule has 1 aliphatic heterocycles. The summed E-state index contributed by atoms with van der Waals surface area (Å²) in [6.45, 7) is 9.58. The second-order valence-corrected chi connectivity index (χ2v) is 9.89. The van der Waals surface area contributed by atoms with Crippen LogP contribution in [0.15, 0.2) is 0 Å². The minimum Gasteiger partial charge on any atom is -0.393 e. The van der Waals surface area contributed by atoms with Gasteiger partial charge in [-0.2, -0.15) is 0 Å². The molecule has 0 aromatic heterocycles. The monoisotopic (exact) mass is 331 g/mol. The quantitative estimate of drug-likeness (QED) is 0.551. The molecule has 132 valence electrons. The Bertz CT molecular complexity index is 245. The molecule has 0 bridgehead atoms. The minimum atomic E-state index is -2.36. The van der Waals surface area contributed by atoms with Crippen molar-refractivity contribution < 1.29 is 13.6 Å². The van der Waals surface area contributed by atoms with E-state index in [1.807, 2.05) is 0 Å². The summed E-state index contributed by atoms with van der Waals surface area (Å²) in [6.07, 6.45) is 8.58. The van der Waals surface area contributed by atoms with Gasteiger partial charge in [0.05, 0.1) is 0 Å². The first-order valence-electron chi connectivity index (χ1n) is 9.32. The highest BCUT2D eigenvalue weighted by molar-refractivity contribution is 6.70. The number of hydrogen-bond acceptors (Lipinski definition) is 4. The van der Waals surface area contributed by atoms with Crippen LogP contribution in [0.2, 0.25) is 6.04 Å². The van der Waals surface area contributed by atoms with Crippen LogP contribution < -0.4 is 5.73 Å².